The number of hydrogen-bond acceptors (Lipinski definition) is 5. The van der Waals surface area contributed by atoms with Crippen molar-refractivity contribution in [2.45, 2.75) is 17.7 Å². The highest BCUT2D eigenvalue weighted by atomic mass is 32.2. The number of rotatable bonds is 7. The molecule has 1 aliphatic carbocycles. The van der Waals surface area contributed by atoms with Crippen LogP contribution in [0.2, 0.25) is 0 Å². The van der Waals surface area contributed by atoms with Gasteiger partial charge in [0.15, 0.2) is 9.84 Å². The first-order valence-corrected chi connectivity index (χ1v) is 8.72. The molecule has 0 atom stereocenters. The summed E-state index contributed by atoms with van der Waals surface area (Å²) < 4.78 is 28.5. The van der Waals surface area contributed by atoms with Crippen molar-refractivity contribution in [2.24, 2.45) is 5.92 Å². The SMILES string of the molecule is CS(=O)(=O)c1cc(N)cc(C(=O)NCCOCC2CC2)c1. The van der Waals surface area contributed by atoms with Gasteiger partial charge in [-0.2, -0.15) is 0 Å². The molecule has 3 N–H and O–H groups in total. The van der Waals surface area contributed by atoms with Crippen molar-refractivity contribution in [1.82, 2.24) is 5.32 Å². The molecule has 1 amide bonds. The highest BCUT2D eigenvalue weighted by Gasteiger charge is 2.21. The third kappa shape index (κ3) is 5.02. The molecular weight excluding hydrogens is 292 g/mol. The molecule has 0 heterocycles. The molecule has 0 radical (unpaired) electrons. The average molecular weight is 312 g/mol. The van der Waals surface area contributed by atoms with Crippen molar-refractivity contribution >= 4 is 21.4 Å². The van der Waals surface area contributed by atoms with Gasteiger partial charge >= 0.3 is 0 Å². The van der Waals surface area contributed by atoms with Gasteiger partial charge in [0.05, 0.1) is 11.5 Å². The molecule has 1 fully saturated rings. The fourth-order valence-corrected chi connectivity index (χ4v) is 2.53. The van der Waals surface area contributed by atoms with Gasteiger partial charge in [-0.3, -0.25) is 4.79 Å². The molecule has 7 heteroatoms. The van der Waals surface area contributed by atoms with Crippen LogP contribution in [0.4, 0.5) is 5.69 Å². The summed E-state index contributed by atoms with van der Waals surface area (Å²) in [6.45, 7) is 1.57. The van der Waals surface area contributed by atoms with Crippen LogP contribution in [0.15, 0.2) is 23.1 Å². The van der Waals surface area contributed by atoms with Crippen LogP contribution in [-0.4, -0.2) is 40.3 Å². The predicted molar refractivity (Wildman–Crippen MR) is 79.8 cm³/mol. The quantitative estimate of drug-likeness (QED) is 0.574. The maximum atomic E-state index is 12.0. The molecule has 1 aliphatic rings. The Morgan fingerprint density at radius 3 is 2.71 bits per heavy atom. The lowest BCUT2D eigenvalue weighted by Gasteiger charge is -2.08. The van der Waals surface area contributed by atoms with Crippen LogP contribution in [0.25, 0.3) is 0 Å². The first-order valence-electron chi connectivity index (χ1n) is 6.83. The van der Waals surface area contributed by atoms with E-state index in [0.29, 0.717) is 19.1 Å². The molecule has 0 spiro atoms. The summed E-state index contributed by atoms with van der Waals surface area (Å²) in [5, 5.41) is 2.68. The van der Waals surface area contributed by atoms with E-state index in [4.69, 9.17) is 10.5 Å². The van der Waals surface area contributed by atoms with E-state index in [2.05, 4.69) is 5.32 Å². The molecule has 0 aromatic heterocycles. The van der Waals surface area contributed by atoms with Gasteiger partial charge in [0.25, 0.3) is 5.91 Å². The van der Waals surface area contributed by atoms with Crippen molar-refractivity contribution in [1.29, 1.82) is 0 Å². The maximum absolute atomic E-state index is 12.0. The van der Waals surface area contributed by atoms with Gasteiger partial charge in [0, 0.05) is 30.7 Å². The minimum absolute atomic E-state index is 0.0395. The number of ether oxygens (including phenoxy) is 1. The molecule has 21 heavy (non-hydrogen) atoms. The fourth-order valence-electron chi connectivity index (χ4n) is 1.84. The molecular formula is C14H20N2O4S. The number of hydrogen-bond donors (Lipinski definition) is 2. The molecule has 6 nitrogen and oxygen atoms in total. The molecule has 2 rings (SSSR count). The zero-order valence-corrected chi connectivity index (χ0v) is 12.8. The Kier molecular flexibility index (Phi) is 4.84. The third-order valence-corrected chi connectivity index (χ3v) is 4.29. The van der Waals surface area contributed by atoms with Crippen molar-refractivity contribution in [2.75, 3.05) is 31.7 Å². The van der Waals surface area contributed by atoms with Crippen molar-refractivity contribution in [3.63, 3.8) is 0 Å². The Bertz CT molecular complexity index is 624. The molecule has 116 valence electrons. The first kappa shape index (κ1) is 15.8. The largest absolute Gasteiger partial charge is 0.399 e. The first-order chi connectivity index (χ1) is 9.86. The second-order valence-electron chi connectivity index (χ2n) is 5.34. The summed E-state index contributed by atoms with van der Waals surface area (Å²) in [4.78, 5) is 12.0. The maximum Gasteiger partial charge on any atom is 0.251 e. The summed E-state index contributed by atoms with van der Waals surface area (Å²) >= 11 is 0. The van der Waals surface area contributed by atoms with E-state index in [-0.39, 0.29) is 22.1 Å². The van der Waals surface area contributed by atoms with E-state index in [1.807, 2.05) is 0 Å². The van der Waals surface area contributed by atoms with Crippen LogP contribution in [-0.2, 0) is 14.6 Å². The summed E-state index contributed by atoms with van der Waals surface area (Å²) in [6.07, 6.45) is 3.53. The average Bonchev–Trinajstić information content (AvgIpc) is 3.20. The van der Waals surface area contributed by atoms with Crippen molar-refractivity contribution < 1.29 is 17.9 Å². The molecule has 0 bridgehead atoms. The Labute approximate surface area is 124 Å². The molecule has 1 saturated carbocycles. The lowest BCUT2D eigenvalue weighted by molar-refractivity contribution is 0.0906. The van der Waals surface area contributed by atoms with E-state index in [9.17, 15) is 13.2 Å². The number of nitrogen functional groups attached to an aromatic ring is 1. The Balaban J connectivity index is 1.90. The normalized spacial score (nSPS) is 14.9. The van der Waals surface area contributed by atoms with Gasteiger partial charge in [0.1, 0.15) is 0 Å². The number of carbonyl (C=O) groups excluding carboxylic acids is 1. The monoisotopic (exact) mass is 312 g/mol. The van der Waals surface area contributed by atoms with Gasteiger partial charge < -0.3 is 15.8 Å². The van der Waals surface area contributed by atoms with Gasteiger partial charge in [-0.25, -0.2) is 8.42 Å². The van der Waals surface area contributed by atoms with E-state index in [1.165, 1.54) is 31.0 Å². The number of nitrogens with two attached hydrogens (primary N) is 1. The Morgan fingerprint density at radius 2 is 2.10 bits per heavy atom. The van der Waals surface area contributed by atoms with Crippen LogP contribution in [0.5, 0.6) is 0 Å². The number of carbonyl (C=O) groups is 1. The second kappa shape index (κ2) is 6.44. The lowest BCUT2D eigenvalue weighted by Crippen LogP contribution is -2.27. The number of anilines is 1. The van der Waals surface area contributed by atoms with Crippen molar-refractivity contribution in [3.8, 4) is 0 Å². The number of sulfone groups is 1. The van der Waals surface area contributed by atoms with E-state index in [0.717, 1.165) is 12.9 Å². The van der Waals surface area contributed by atoms with Crippen LogP contribution in [0, 0.1) is 5.92 Å². The second-order valence-corrected chi connectivity index (χ2v) is 7.35. The zero-order valence-electron chi connectivity index (χ0n) is 12.0. The molecule has 1 aromatic rings. The Morgan fingerprint density at radius 1 is 1.38 bits per heavy atom. The summed E-state index contributed by atoms with van der Waals surface area (Å²) in [6, 6.07) is 4.12. The Hall–Kier alpha value is -1.60. The van der Waals surface area contributed by atoms with Crippen LogP contribution >= 0.6 is 0 Å². The predicted octanol–water partition coefficient (Wildman–Crippen LogP) is 0.829. The van der Waals surface area contributed by atoms with Crippen LogP contribution in [0.1, 0.15) is 23.2 Å². The zero-order chi connectivity index (χ0) is 15.5. The number of nitrogens with one attached hydrogen (secondary N) is 1. The van der Waals surface area contributed by atoms with Crippen molar-refractivity contribution in [3.05, 3.63) is 23.8 Å². The fraction of sp³-hybridized carbons (Fsp3) is 0.500. The molecule has 0 aliphatic heterocycles. The standard InChI is InChI=1S/C14H20N2O4S/c1-21(18,19)13-7-11(6-12(15)8-13)14(17)16-4-5-20-9-10-2-3-10/h6-8,10H,2-5,9,15H2,1H3,(H,16,17). The van der Waals surface area contributed by atoms with E-state index >= 15 is 0 Å². The van der Waals surface area contributed by atoms with Gasteiger partial charge in [-0.05, 0) is 37.0 Å². The minimum atomic E-state index is -3.40. The summed E-state index contributed by atoms with van der Waals surface area (Å²) in [7, 11) is -3.40. The van der Waals surface area contributed by atoms with Crippen LogP contribution < -0.4 is 11.1 Å². The van der Waals surface area contributed by atoms with Crippen LogP contribution in [0.3, 0.4) is 0 Å². The van der Waals surface area contributed by atoms with E-state index < -0.39 is 9.84 Å². The molecule has 0 saturated heterocycles. The number of benzene rings is 1. The molecule has 1 aromatic carbocycles. The van der Waals surface area contributed by atoms with Gasteiger partial charge in [-0.15, -0.1) is 0 Å². The smallest absolute Gasteiger partial charge is 0.251 e. The van der Waals surface area contributed by atoms with E-state index in [1.54, 1.807) is 0 Å². The topological polar surface area (TPSA) is 98.5 Å². The number of amides is 1. The summed E-state index contributed by atoms with van der Waals surface area (Å²) in [5.74, 6) is 0.328. The molecule has 0 unspecified atom stereocenters. The van der Waals surface area contributed by atoms with Gasteiger partial charge in [-0.1, -0.05) is 0 Å². The van der Waals surface area contributed by atoms with Gasteiger partial charge in [0.2, 0.25) is 0 Å². The summed E-state index contributed by atoms with van der Waals surface area (Å²) in [5.41, 5.74) is 6.12. The highest BCUT2D eigenvalue weighted by Crippen LogP contribution is 2.28. The minimum Gasteiger partial charge on any atom is -0.399 e. The lowest BCUT2D eigenvalue weighted by atomic mass is 10.2. The highest BCUT2D eigenvalue weighted by molar-refractivity contribution is 7.90. The third-order valence-electron chi connectivity index (χ3n) is 3.20.